The van der Waals surface area contributed by atoms with Crippen molar-refractivity contribution in [1.29, 1.82) is 0 Å². The van der Waals surface area contributed by atoms with Crippen LogP contribution in [0.4, 0.5) is 0 Å². The zero-order valence-corrected chi connectivity index (χ0v) is 21.3. The number of carboxylic acids is 2. The number of aliphatic carboxylic acids is 2. The molecule has 3 rings (SSSR count). The first kappa shape index (κ1) is 28.6. The van der Waals surface area contributed by atoms with Crippen molar-refractivity contribution in [3.63, 3.8) is 0 Å². The molecule has 0 aromatic heterocycles. The second-order valence-corrected chi connectivity index (χ2v) is 8.16. The van der Waals surface area contributed by atoms with Crippen LogP contribution in [-0.4, -0.2) is 53.3 Å². The van der Waals surface area contributed by atoms with Crippen LogP contribution in [0.25, 0.3) is 10.6 Å². The van der Waals surface area contributed by atoms with Crippen molar-refractivity contribution < 1.29 is 24.5 Å². The Bertz CT molecular complexity index is 1100. The van der Waals surface area contributed by atoms with Crippen LogP contribution >= 0.6 is 11.6 Å². The van der Waals surface area contributed by atoms with Gasteiger partial charge in [0.15, 0.2) is 0 Å². The molecule has 3 aromatic carbocycles. The molecule has 36 heavy (non-hydrogen) atoms. The van der Waals surface area contributed by atoms with E-state index in [2.05, 4.69) is 43.0 Å². The Hall–Kier alpha value is -3.61. The predicted octanol–water partition coefficient (Wildman–Crippen LogP) is 6.11. The Balaban J connectivity index is 0.000000572. The van der Waals surface area contributed by atoms with Crippen LogP contribution in [0.15, 0.2) is 84.9 Å². The molecule has 6 nitrogen and oxygen atoms in total. The Morgan fingerprint density at radius 1 is 0.750 bits per heavy atom. The van der Waals surface area contributed by atoms with Crippen LogP contribution in [0.5, 0.6) is 5.75 Å². The number of benzene rings is 3. The number of rotatable bonds is 11. The SMILES string of the molecule is CCN(CC)CCOc1ccc(/C(=C(\Cl)c2ccccc2)c2ccccc2)cc1.O=C(O)CC(=O)O. The third kappa shape index (κ3) is 9.56. The van der Waals surface area contributed by atoms with E-state index >= 15 is 0 Å². The number of halogens is 1. The minimum Gasteiger partial charge on any atom is -0.492 e. The van der Waals surface area contributed by atoms with Crippen LogP contribution in [0.1, 0.15) is 37.0 Å². The number of hydrogen-bond acceptors (Lipinski definition) is 4. The lowest BCUT2D eigenvalue weighted by molar-refractivity contribution is -0.147. The third-order valence-electron chi connectivity index (χ3n) is 5.33. The molecule has 0 aliphatic carbocycles. The van der Waals surface area contributed by atoms with Gasteiger partial charge in [0, 0.05) is 12.1 Å². The van der Waals surface area contributed by atoms with E-state index in [1.807, 2.05) is 60.7 Å². The number of hydrogen-bond donors (Lipinski definition) is 2. The van der Waals surface area contributed by atoms with E-state index in [1.165, 1.54) is 0 Å². The van der Waals surface area contributed by atoms with Gasteiger partial charge in [0.25, 0.3) is 0 Å². The molecule has 3 aromatic rings. The summed E-state index contributed by atoms with van der Waals surface area (Å²) in [5.41, 5.74) is 4.19. The summed E-state index contributed by atoms with van der Waals surface area (Å²) >= 11 is 6.87. The van der Waals surface area contributed by atoms with Crippen LogP contribution in [-0.2, 0) is 9.59 Å². The molecule has 0 aliphatic heterocycles. The highest BCUT2D eigenvalue weighted by Gasteiger charge is 2.12. The van der Waals surface area contributed by atoms with Gasteiger partial charge in [0.05, 0.1) is 5.03 Å². The normalized spacial score (nSPS) is 11.2. The van der Waals surface area contributed by atoms with Crippen LogP contribution < -0.4 is 4.74 Å². The van der Waals surface area contributed by atoms with Gasteiger partial charge in [-0.3, -0.25) is 9.59 Å². The zero-order valence-electron chi connectivity index (χ0n) is 20.6. The van der Waals surface area contributed by atoms with Crippen LogP contribution in [0.2, 0.25) is 0 Å². The average molecular weight is 510 g/mol. The fourth-order valence-electron chi connectivity index (χ4n) is 3.43. The van der Waals surface area contributed by atoms with Crippen molar-refractivity contribution in [3.05, 3.63) is 102 Å². The summed E-state index contributed by atoms with van der Waals surface area (Å²) in [4.78, 5) is 21.2. The molecule has 0 bridgehead atoms. The number of likely N-dealkylation sites (N-methyl/N-ethyl adjacent to an activating group) is 1. The van der Waals surface area contributed by atoms with Gasteiger partial charge in [-0.25, -0.2) is 0 Å². The first-order valence-electron chi connectivity index (χ1n) is 11.7. The van der Waals surface area contributed by atoms with E-state index in [-0.39, 0.29) is 0 Å². The molecular weight excluding hydrogens is 478 g/mol. The van der Waals surface area contributed by atoms with Gasteiger partial charge < -0.3 is 19.8 Å². The van der Waals surface area contributed by atoms with E-state index in [4.69, 9.17) is 26.6 Å². The summed E-state index contributed by atoms with van der Waals surface area (Å²) in [6.45, 7) is 8.05. The minimum absolute atomic E-state index is 0.688. The topological polar surface area (TPSA) is 87.1 Å². The Labute approximate surface area is 217 Å². The Kier molecular flexibility index (Phi) is 12.2. The van der Waals surface area contributed by atoms with Gasteiger partial charge in [-0.1, -0.05) is 98.2 Å². The van der Waals surface area contributed by atoms with Crippen molar-refractivity contribution in [2.75, 3.05) is 26.2 Å². The first-order valence-corrected chi connectivity index (χ1v) is 12.1. The van der Waals surface area contributed by atoms with Crippen molar-refractivity contribution in [2.24, 2.45) is 0 Å². The lowest BCUT2D eigenvalue weighted by atomic mass is 9.95. The summed E-state index contributed by atoms with van der Waals surface area (Å²) < 4.78 is 5.94. The predicted molar refractivity (Wildman–Crippen MR) is 144 cm³/mol. The van der Waals surface area contributed by atoms with Crippen LogP contribution in [0, 0.1) is 0 Å². The maximum atomic E-state index is 9.43. The van der Waals surface area contributed by atoms with E-state index in [0.717, 1.165) is 52.7 Å². The fourth-order valence-corrected chi connectivity index (χ4v) is 3.78. The van der Waals surface area contributed by atoms with Gasteiger partial charge in [-0.05, 0) is 41.9 Å². The number of carbonyl (C=O) groups is 2. The molecule has 0 fully saturated rings. The number of ether oxygens (including phenoxy) is 1. The van der Waals surface area contributed by atoms with Gasteiger partial charge in [-0.2, -0.15) is 0 Å². The van der Waals surface area contributed by atoms with Gasteiger partial charge in [0.1, 0.15) is 18.8 Å². The highest BCUT2D eigenvalue weighted by molar-refractivity contribution is 6.53. The summed E-state index contributed by atoms with van der Waals surface area (Å²) in [5.74, 6) is -1.75. The highest BCUT2D eigenvalue weighted by atomic mass is 35.5. The lowest BCUT2D eigenvalue weighted by Gasteiger charge is -2.18. The molecule has 0 spiro atoms. The van der Waals surface area contributed by atoms with E-state index in [9.17, 15) is 9.59 Å². The standard InChI is InChI=1S/C26H28ClNO.C3H4O4/c1-3-28(4-2)19-20-29-24-17-15-22(16-18-24)25(21-11-7-5-8-12-21)26(27)23-13-9-6-10-14-23;4-2(5)1-3(6)7/h5-18H,3-4,19-20H2,1-2H3;1H2,(H,4,5)(H,6,7)/b26-25-;. The number of nitrogens with zero attached hydrogens (tertiary/aromatic N) is 1. The fraction of sp³-hybridized carbons (Fsp3) is 0.241. The first-order chi connectivity index (χ1) is 17.3. The zero-order chi connectivity index (χ0) is 26.3. The van der Waals surface area contributed by atoms with Crippen LogP contribution in [0.3, 0.4) is 0 Å². The second-order valence-electron chi connectivity index (χ2n) is 7.79. The van der Waals surface area contributed by atoms with Crippen molar-refractivity contribution >= 4 is 34.1 Å². The van der Waals surface area contributed by atoms with Gasteiger partial charge in [-0.15, -0.1) is 0 Å². The summed E-state index contributed by atoms with van der Waals surface area (Å²) in [7, 11) is 0. The monoisotopic (exact) mass is 509 g/mol. The van der Waals surface area contributed by atoms with Crippen molar-refractivity contribution in [1.82, 2.24) is 4.90 Å². The smallest absolute Gasteiger partial charge is 0.314 e. The Morgan fingerprint density at radius 2 is 1.22 bits per heavy atom. The molecular formula is C29H32ClNO5. The number of carboxylic acid groups (broad SMARTS) is 2. The molecule has 0 heterocycles. The summed E-state index contributed by atoms with van der Waals surface area (Å²) in [6.07, 6.45) is -0.806. The molecule has 190 valence electrons. The molecule has 0 unspecified atom stereocenters. The molecule has 0 amide bonds. The molecule has 7 heteroatoms. The average Bonchev–Trinajstić information content (AvgIpc) is 2.88. The Morgan fingerprint density at radius 3 is 1.67 bits per heavy atom. The van der Waals surface area contributed by atoms with E-state index < -0.39 is 18.4 Å². The summed E-state index contributed by atoms with van der Waals surface area (Å²) in [6, 6.07) is 28.6. The summed E-state index contributed by atoms with van der Waals surface area (Å²) in [5, 5.41) is 16.1. The molecule has 0 radical (unpaired) electrons. The second kappa shape index (κ2) is 15.4. The largest absolute Gasteiger partial charge is 0.492 e. The minimum atomic E-state index is -1.31. The van der Waals surface area contributed by atoms with Gasteiger partial charge in [0.2, 0.25) is 0 Å². The molecule has 2 N–H and O–H groups in total. The van der Waals surface area contributed by atoms with Crippen molar-refractivity contribution in [3.8, 4) is 5.75 Å². The van der Waals surface area contributed by atoms with Gasteiger partial charge >= 0.3 is 11.9 Å². The molecule has 0 atom stereocenters. The quantitative estimate of drug-likeness (QED) is 0.239. The maximum Gasteiger partial charge on any atom is 0.314 e. The molecule has 0 saturated carbocycles. The highest BCUT2D eigenvalue weighted by Crippen LogP contribution is 2.35. The van der Waals surface area contributed by atoms with E-state index in [0.29, 0.717) is 6.61 Å². The maximum absolute atomic E-state index is 9.43. The van der Waals surface area contributed by atoms with Crippen molar-refractivity contribution in [2.45, 2.75) is 20.3 Å². The van der Waals surface area contributed by atoms with E-state index in [1.54, 1.807) is 0 Å². The molecule has 0 aliphatic rings. The third-order valence-corrected chi connectivity index (χ3v) is 5.73. The lowest BCUT2D eigenvalue weighted by Crippen LogP contribution is -2.27. The molecule has 0 saturated heterocycles.